The zero-order valence-corrected chi connectivity index (χ0v) is 12.4. The second kappa shape index (κ2) is 7.06. The Bertz CT molecular complexity index is 377. The maximum Gasteiger partial charge on any atom is 0.0951 e. The van der Waals surface area contributed by atoms with Crippen molar-refractivity contribution >= 4 is 0 Å². The van der Waals surface area contributed by atoms with Crippen LogP contribution in [0, 0.1) is 11.8 Å². The first-order chi connectivity index (χ1) is 9.22. The van der Waals surface area contributed by atoms with Crippen LogP contribution in [0.4, 0.5) is 0 Å². The molecule has 0 radical (unpaired) electrons. The lowest BCUT2D eigenvalue weighted by atomic mass is 9.79. The zero-order chi connectivity index (χ0) is 13.7. The van der Waals surface area contributed by atoms with Crippen LogP contribution in [-0.2, 0) is 11.3 Å². The van der Waals surface area contributed by atoms with Gasteiger partial charge in [-0.1, -0.05) is 13.8 Å². The number of hydrogen-bond donors (Lipinski definition) is 1. The lowest BCUT2D eigenvalue weighted by Crippen LogP contribution is -2.27. The van der Waals surface area contributed by atoms with Crippen LogP contribution in [0.5, 0.6) is 0 Å². The molecule has 1 aromatic heterocycles. The van der Waals surface area contributed by atoms with Crippen molar-refractivity contribution in [2.45, 2.75) is 45.7 Å². The van der Waals surface area contributed by atoms with Crippen molar-refractivity contribution in [2.75, 3.05) is 20.3 Å². The van der Waals surface area contributed by atoms with Crippen LogP contribution in [-0.4, -0.2) is 29.8 Å². The number of methoxy groups -OCH3 is 1. The van der Waals surface area contributed by atoms with E-state index in [-0.39, 0.29) is 0 Å². The molecule has 0 saturated heterocycles. The molecule has 0 bridgehead atoms. The van der Waals surface area contributed by atoms with Crippen LogP contribution in [0.3, 0.4) is 0 Å². The van der Waals surface area contributed by atoms with Gasteiger partial charge in [0.15, 0.2) is 0 Å². The summed E-state index contributed by atoms with van der Waals surface area (Å²) >= 11 is 0. The maximum atomic E-state index is 5.05. The van der Waals surface area contributed by atoms with Gasteiger partial charge in [-0.05, 0) is 31.1 Å². The van der Waals surface area contributed by atoms with E-state index in [4.69, 9.17) is 4.74 Å². The van der Waals surface area contributed by atoms with Crippen molar-refractivity contribution in [3.63, 3.8) is 0 Å². The van der Waals surface area contributed by atoms with Crippen LogP contribution in [0.25, 0.3) is 0 Å². The smallest absolute Gasteiger partial charge is 0.0951 e. The molecular formula is C15H27N3O. The van der Waals surface area contributed by atoms with Gasteiger partial charge < -0.3 is 14.6 Å². The summed E-state index contributed by atoms with van der Waals surface area (Å²) in [5.74, 6) is 1.62. The number of rotatable bonds is 6. The van der Waals surface area contributed by atoms with Gasteiger partial charge in [-0.3, -0.25) is 0 Å². The molecule has 0 spiro atoms. The molecule has 1 aliphatic carbocycles. The molecule has 19 heavy (non-hydrogen) atoms. The molecule has 1 heterocycles. The fourth-order valence-electron chi connectivity index (χ4n) is 3.22. The van der Waals surface area contributed by atoms with Crippen LogP contribution >= 0.6 is 0 Å². The third-order valence-corrected chi connectivity index (χ3v) is 4.28. The molecule has 2 rings (SSSR count). The highest BCUT2D eigenvalue weighted by molar-refractivity contribution is 5.01. The van der Waals surface area contributed by atoms with Gasteiger partial charge in [0.2, 0.25) is 0 Å². The van der Waals surface area contributed by atoms with Crippen LogP contribution in [0.2, 0.25) is 0 Å². The minimum Gasteiger partial charge on any atom is -0.383 e. The van der Waals surface area contributed by atoms with Crippen molar-refractivity contribution in [1.82, 2.24) is 14.9 Å². The molecule has 1 aliphatic rings. The molecule has 3 atom stereocenters. The van der Waals surface area contributed by atoms with Gasteiger partial charge in [0.05, 0.1) is 18.6 Å². The number of aromatic nitrogens is 2. The lowest BCUT2D eigenvalue weighted by molar-refractivity contribution is 0.195. The summed E-state index contributed by atoms with van der Waals surface area (Å²) in [6, 6.07) is 0.623. The number of hydrogen-bond acceptors (Lipinski definition) is 3. The van der Waals surface area contributed by atoms with Gasteiger partial charge in [-0.15, -0.1) is 0 Å². The van der Waals surface area contributed by atoms with E-state index in [2.05, 4.69) is 28.7 Å². The molecule has 0 aromatic carbocycles. The van der Waals surface area contributed by atoms with E-state index in [1.807, 2.05) is 12.5 Å². The molecule has 4 nitrogen and oxygen atoms in total. The minimum atomic E-state index is 0.623. The molecule has 1 aromatic rings. The van der Waals surface area contributed by atoms with Gasteiger partial charge in [-0.25, -0.2) is 4.98 Å². The van der Waals surface area contributed by atoms with Gasteiger partial charge in [0.25, 0.3) is 0 Å². The van der Waals surface area contributed by atoms with Crippen molar-refractivity contribution in [1.29, 1.82) is 0 Å². The van der Waals surface area contributed by atoms with E-state index in [0.717, 1.165) is 31.5 Å². The molecule has 108 valence electrons. The lowest BCUT2D eigenvalue weighted by Gasteiger charge is -2.34. The quantitative estimate of drug-likeness (QED) is 0.804. The molecule has 4 heteroatoms. The van der Waals surface area contributed by atoms with Crippen molar-refractivity contribution in [3.8, 4) is 0 Å². The molecule has 3 unspecified atom stereocenters. The molecule has 1 fully saturated rings. The predicted octanol–water partition coefficient (Wildman–Crippen LogP) is 2.62. The molecule has 0 aliphatic heterocycles. The second-order valence-electron chi connectivity index (χ2n) is 5.92. The third kappa shape index (κ3) is 3.80. The first-order valence-electron chi connectivity index (χ1n) is 7.42. The topological polar surface area (TPSA) is 39.1 Å². The van der Waals surface area contributed by atoms with Crippen LogP contribution in [0.15, 0.2) is 12.5 Å². The molecule has 0 amide bonds. The van der Waals surface area contributed by atoms with Crippen LogP contribution in [0.1, 0.15) is 44.8 Å². The fourth-order valence-corrected chi connectivity index (χ4v) is 3.22. The highest BCUT2D eigenvalue weighted by Gasteiger charge is 2.27. The Morgan fingerprint density at radius 1 is 1.42 bits per heavy atom. The van der Waals surface area contributed by atoms with Crippen molar-refractivity contribution < 1.29 is 4.74 Å². The van der Waals surface area contributed by atoms with E-state index in [0.29, 0.717) is 6.04 Å². The highest BCUT2D eigenvalue weighted by Crippen LogP contribution is 2.37. The summed E-state index contributed by atoms with van der Waals surface area (Å²) in [6.07, 6.45) is 7.95. The average Bonchev–Trinajstić information content (AvgIpc) is 2.83. The number of nitrogens with one attached hydrogen (secondary N) is 1. The maximum absolute atomic E-state index is 5.05. The summed E-state index contributed by atoms with van der Waals surface area (Å²) in [6.45, 7) is 7.27. The summed E-state index contributed by atoms with van der Waals surface area (Å²) in [5.41, 5.74) is 1.29. The molecular weight excluding hydrogens is 238 g/mol. The SMILES string of the molecule is COCCNCc1cncn1C1CCC(C)CC1C. The Morgan fingerprint density at radius 3 is 3.00 bits per heavy atom. The van der Waals surface area contributed by atoms with E-state index < -0.39 is 0 Å². The van der Waals surface area contributed by atoms with Gasteiger partial charge >= 0.3 is 0 Å². The monoisotopic (exact) mass is 265 g/mol. The summed E-state index contributed by atoms with van der Waals surface area (Å²) < 4.78 is 7.44. The number of imidazole rings is 1. The number of nitrogens with zero attached hydrogens (tertiary/aromatic N) is 2. The van der Waals surface area contributed by atoms with Gasteiger partial charge in [-0.2, -0.15) is 0 Å². The van der Waals surface area contributed by atoms with E-state index >= 15 is 0 Å². The molecule has 1 saturated carbocycles. The summed E-state index contributed by atoms with van der Waals surface area (Å²) in [4.78, 5) is 4.34. The van der Waals surface area contributed by atoms with Gasteiger partial charge in [0, 0.05) is 32.4 Å². The number of ether oxygens (including phenoxy) is 1. The van der Waals surface area contributed by atoms with Gasteiger partial charge in [0.1, 0.15) is 0 Å². The highest BCUT2D eigenvalue weighted by atomic mass is 16.5. The van der Waals surface area contributed by atoms with E-state index in [1.54, 1.807) is 7.11 Å². The standard InChI is InChI=1S/C15H27N3O/c1-12-4-5-15(13(2)8-12)18-11-17-10-14(18)9-16-6-7-19-3/h10-13,15-16H,4-9H2,1-3H3. The Morgan fingerprint density at radius 2 is 2.26 bits per heavy atom. The van der Waals surface area contributed by atoms with E-state index in [9.17, 15) is 0 Å². The van der Waals surface area contributed by atoms with Crippen LogP contribution < -0.4 is 5.32 Å². The van der Waals surface area contributed by atoms with E-state index in [1.165, 1.54) is 25.0 Å². The Kier molecular flexibility index (Phi) is 5.40. The average molecular weight is 265 g/mol. The Hall–Kier alpha value is -0.870. The normalized spacial score (nSPS) is 27.6. The predicted molar refractivity (Wildman–Crippen MR) is 77.0 cm³/mol. The fraction of sp³-hybridized carbons (Fsp3) is 0.800. The third-order valence-electron chi connectivity index (χ3n) is 4.28. The first-order valence-corrected chi connectivity index (χ1v) is 7.42. The zero-order valence-electron chi connectivity index (χ0n) is 12.4. The van der Waals surface area contributed by atoms with Crippen molar-refractivity contribution in [3.05, 3.63) is 18.2 Å². The first kappa shape index (κ1) is 14.5. The summed E-state index contributed by atoms with van der Waals surface area (Å²) in [5, 5.41) is 3.41. The molecule has 1 N–H and O–H groups in total. The van der Waals surface area contributed by atoms with Crippen molar-refractivity contribution in [2.24, 2.45) is 11.8 Å². The Balaban J connectivity index is 1.94. The largest absolute Gasteiger partial charge is 0.383 e. The Labute approximate surface area is 116 Å². The second-order valence-corrected chi connectivity index (χ2v) is 5.92. The minimum absolute atomic E-state index is 0.623. The summed E-state index contributed by atoms with van der Waals surface area (Å²) in [7, 11) is 1.73.